The summed E-state index contributed by atoms with van der Waals surface area (Å²) in [5.74, 6) is -3.30. The molecule has 0 spiro atoms. The average molecular weight is 628 g/mol. The SMILES string of the molecule is CCCCOC(=O)c1ccc(NC(=O)COC(=O)[C@H](C)N2C(=O)[C@@H]3[C@H]4C[C@@H]([C@H](Br)[C@@H]4Br)[C@@H]3C2=O)cc1. The number of carbonyl (C=O) groups is 5. The third-order valence-corrected chi connectivity index (χ3v) is 10.4. The zero-order chi connectivity index (χ0) is 26.1. The molecule has 194 valence electrons. The number of hydrogen-bond donors (Lipinski definition) is 1. The van der Waals surface area contributed by atoms with Gasteiger partial charge >= 0.3 is 11.9 Å². The molecule has 3 fully saturated rings. The molecule has 1 aliphatic heterocycles. The van der Waals surface area contributed by atoms with Crippen molar-refractivity contribution in [2.75, 3.05) is 18.5 Å². The third-order valence-electron chi connectivity index (χ3n) is 7.23. The second-order valence-electron chi connectivity index (χ2n) is 9.45. The predicted octanol–water partition coefficient (Wildman–Crippen LogP) is 3.29. The van der Waals surface area contributed by atoms with Crippen LogP contribution < -0.4 is 5.32 Å². The summed E-state index contributed by atoms with van der Waals surface area (Å²) in [6, 6.07) is 5.02. The molecule has 2 bridgehead atoms. The zero-order valence-corrected chi connectivity index (χ0v) is 23.1. The van der Waals surface area contributed by atoms with E-state index in [-0.39, 0.29) is 33.3 Å². The van der Waals surface area contributed by atoms with Gasteiger partial charge in [-0.1, -0.05) is 45.2 Å². The quantitative estimate of drug-likeness (QED) is 0.193. The number of likely N-dealkylation sites (tertiary alicyclic amines) is 1. The van der Waals surface area contributed by atoms with E-state index >= 15 is 0 Å². The molecule has 1 aromatic carbocycles. The predicted molar refractivity (Wildman–Crippen MR) is 137 cm³/mol. The molecule has 9 nitrogen and oxygen atoms in total. The lowest BCUT2D eigenvalue weighted by atomic mass is 9.81. The number of carbonyl (C=O) groups excluding carboxylic acids is 5. The number of rotatable bonds is 9. The summed E-state index contributed by atoms with van der Waals surface area (Å²) in [6.07, 6.45) is 2.50. The van der Waals surface area contributed by atoms with Crippen molar-refractivity contribution >= 4 is 67.2 Å². The minimum atomic E-state index is -1.12. The summed E-state index contributed by atoms with van der Waals surface area (Å²) in [6.45, 7) is 3.21. The molecule has 4 rings (SSSR count). The van der Waals surface area contributed by atoms with Crippen LogP contribution in [0.1, 0.15) is 43.5 Å². The monoisotopic (exact) mass is 626 g/mol. The number of halogens is 2. The van der Waals surface area contributed by atoms with E-state index in [1.165, 1.54) is 19.1 Å². The first-order valence-electron chi connectivity index (χ1n) is 12.0. The molecule has 0 radical (unpaired) electrons. The van der Waals surface area contributed by atoms with E-state index < -0.39 is 42.3 Å². The number of unbranched alkanes of at least 4 members (excludes halogenated alkanes) is 1. The average Bonchev–Trinajstić information content (AvgIpc) is 3.47. The van der Waals surface area contributed by atoms with E-state index in [2.05, 4.69) is 37.2 Å². The van der Waals surface area contributed by atoms with Crippen molar-refractivity contribution in [1.82, 2.24) is 4.90 Å². The van der Waals surface area contributed by atoms with Crippen molar-refractivity contribution < 1.29 is 33.4 Å². The van der Waals surface area contributed by atoms with Gasteiger partial charge in [0, 0.05) is 15.3 Å². The molecule has 2 aliphatic carbocycles. The number of ether oxygens (including phenoxy) is 2. The van der Waals surface area contributed by atoms with Crippen LogP contribution >= 0.6 is 31.9 Å². The maximum atomic E-state index is 13.1. The van der Waals surface area contributed by atoms with Crippen LogP contribution in [0, 0.1) is 23.7 Å². The molecule has 1 aromatic rings. The number of nitrogens with zero attached hydrogens (tertiary/aromatic N) is 1. The highest BCUT2D eigenvalue weighted by Gasteiger charge is 2.67. The molecule has 0 unspecified atom stereocenters. The molecular formula is C25H28Br2N2O7. The summed E-state index contributed by atoms with van der Waals surface area (Å²) in [5.41, 5.74) is 0.774. The van der Waals surface area contributed by atoms with Gasteiger partial charge in [0.05, 0.1) is 24.0 Å². The molecule has 11 heteroatoms. The van der Waals surface area contributed by atoms with E-state index in [0.717, 1.165) is 24.2 Å². The van der Waals surface area contributed by atoms with Crippen molar-refractivity contribution in [3.63, 3.8) is 0 Å². The molecular weight excluding hydrogens is 600 g/mol. The van der Waals surface area contributed by atoms with E-state index in [1.807, 2.05) is 6.92 Å². The minimum Gasteiger partial charge on any atom is -0.462 e. The molecule has 3 amide bonds. The number of alkyl halides is 2. The van der Waals surface area contributed by atoms with Gasteiger partial charge in [0.1, 0.15) is 6.04 Å². The van der Waals surface area contributed by atoms with Crippen molar-refractivity contribution in [2.24, 2.45) is 23.7 Å². The Balaban J connectivity index is 1.28. The Hall–Kier alpha value is -2.27. The van der Waals surface area contributed by atoms with Crippen LogP contribution in [0.2, 0.25) is 0 Å². The Morgan fingerprint density at radius 1 is 1.03 bits per heavy atom. The largest absolute Gasteiger partial charge is 0.462 e. The topological polar surface area (TPSA) is 119 Å². The lowest BCUT2D eigenvalue weighted by molar-refractivity contribution is -0.159. The molecule has 7 atom stereocenters. The van der Waals surface area contributed by atoms with Gasteiger partial charge in [0.2, 0.25) is 11.8 Å². The molecule has 1 saturated heterocycles. The molecule has 3 aliphatic rings. The van der Waals surface area contributed by atoms with Crippen LogP contribution in [0.3, 0.4) is 0 Å². The Labute approximate surface area is 225 Å². The van der Waals surface area contributed by atoms with Gasteiger partial charge in [-0.05, 0) is 55.9 Å². The standard InChI is InChI=1S/C25H28Br2N2O7/c1-3-4-9-35-25(34)13-5-7-14(8-6-13)28-17(30)11-36-24(33)12(2)29-22(31)18-15-10-16(19(18)23(29)32)21(27)20(15)26/h5-8,12,15-16,18-21H,3-4,9-11H2,1-2H3,(H,28,30)/t12-,15+,16+,18-,19+,20-,21+/m0/s1. The van der Waals surface area contributed by atoms with Crippen molar-refractivity contribution in [1.29, 1.82) is 0 Å². The lowest BCUT2D eigenvalue weighted by Crippen LogP contribution is -2.45. The second-order valence-corrected chi connectivity index (χ2v) is 11.6. The van der Waals surface area contributed by atoms with Crippen molar-refractivity contribution in [3.8, 4) is 0 Å². The second kappa shape index (κ2) is 11.0. The number of fused-ring (bicyclic) bond motifs is 5. The minimum absolute atomic E-state index is 0.0457. The first-order valence-corrected chi connectivity index (χ1v) is 13.9. The molecule has 2 saturated carbocycles. The molecule has 0 aromatic heterocycles. The van der Waals surface area contributed by atoms with Gasteiger partial charge in [-0.3, -0.25) is 19.3 Å². The summed E-state index contributed by atoms with van der Waals surface area (Å²) in [7, 11) is 0. The smallest absolute Gasteiger partial charge is 0.338 e. The molecule has 1 heterocycles. The summed E-state index contributed by atoms with van der Waals surface area (Å²) < 4.78 is 10.3. The van der Waals surface area contributed by atoms with Gasteiger partial charge in [0.15, 0.2) is 6.61 Å². The first-order chi connectivity index (χ1) is 17.1. The van der Waals surface area contributed by atoms with Crippen LogP contribution in [0.15, 0.2) is 24.3 Å². The number of benzene rings is 1. The van der Waals surface area contributed by atoms with Crippen LogP contribution in [-0.4, -0.2) is 63.5 Å². The fourth-order valence-corrected chi connectivity index (χ4v) is 7.27. The van der Waals surface area contributed by atoms with Crippen LogP contribution in [0.4, 0.5) is 5.69 Å². The highest BCUT2D eigenvalue weighted by molar-refractivity contribution is 9.12. The number of amides is 3. The van der Waals surface area contributed by atoms with Gasteiger partial charge in [-0.25, -0.2) is 9.59 Å². The Kier molecular flexibility index (Phi) is 8.18. The first kappa shape index (κ1) is 26.8. The molecule has 1 N–H and O–H groups in total. The molecule has 36 heavy (non-hydrogen) atoms. The maximum absolute atomic E-state index is 13.1. The Bertz CT molecular complexity index is 1030. The Morgan fingerprint density at radius 2 is 1.61 bits per heavy atom. The summed E-state index contributed by atoms with van der Waals surface area (Å²) in [4.78, 5) is 64.2. The van der Waals surface area contributed by atoms with Gasteiger partial charge in [-0.15, -0.1) is 0 Å². The fraction of sp³-hybridized carbons (Fsp3) is 0.560. The number of hydrogen-bond acceptors (Lipinski definition) is 7. The maximum Gasteiger partial charge on any atom is 0.338 e. The number of anilines is 1. The van der Waals surface area contributed by atoms with Crippen molar-refractivity contribution in [3.05, 3.63) is 29.8 Å². The summed E-state index contributed by atoms with van der Waals surface area (Å²) >= 11 is 7.27. The van der Waals surface area contributed by atoms with E-state index in [9.17, 15) is 24.0 Å². The van der Waals surface area contributed by atoms with Gasteiger partial charge in [-0.2, -0.15) is 0 Å². The number of esters is 2. The fourth-order valence-electron chi connectivity index (χ4n) is 5.40. The van der Waals surface area contributed by atoms with E-state index in [0.29, 0.717) is 17.9 Å². The van der Waals surface area contributed by atoms with Gasteiger partial charge in [0.25, 0.3) is 5.91 Å². The van der Waals surface area contributed by atoms with Gasteiger partial charge < -0.3 is 14.8 Å². The Morgan fingerprint density at radius 3 is 2.17 bits per heavy atom. The van der Waals surface area contributed by atoms with Crippen molar-refractivity contribution in [2.45, 2.75) is 48.8 Å². The zero-order valence-electron chi connectivity index (χ0n) is 19.9. The number of imide groups is 1. The highest BCUT2D eigenvalue weighted by atomic mass is 79.9. The number of nitrogens with one attached hydrogen (secondary N) is 1. The lowest BCUT2D eigenvalue weighted by Gasteiger charge is -2.28. The van der Waals surface area contributed by atoms with Crippen LogP contribution in [-0.2, 0) is 28.7 Å². The van der Waals surface area contributed by atoms with E-state index in [4.69, 9.17) is 9.47 Å². The van der Waals surface area contributed by atoms with E-state index in [1.54, 1.807) is 12.1 Å². The van der Waals surface area contributed by atoms with Crippen LogP contribution in [0.5, 0.6) is 0 Å². The normalized spacial score (nSPS) is 29.2. The van der Waals surface area contributed by atoms with Crippen LogP contribution in [0.25, 0.3) is 0 Å². The summed E-state index contributed by atoms with van der Waals surface area (Å²) in [5, 5.41) is 2.58. The highest BCUT2D eigenvalue weighted by Crippen LogP contribution is 2.60. The third kappa shape index (κ3) is 4.96.